The number of hydrogen-bond donors (Lipinski definition) is 4. The highest BCUT2D eigenvalue weighted by atomic mass is 32.3. The third-order valence-electron chi connectivity index (χ3n) is 20.1. The van der Waals surface area contributed by atoms with E-state index in [9.17, 15) is 28.3 Å². The molecule has 18 heteroatoms. The molecule has 0 bridgehead atoms. The second-order valence-electron chi connectivity index (χ2n) is 25.5. The van der Waals surface area contributed by atoms with E-state index in [1.54, 1.807) is 13.0 Å². The fourth-order valence-corrected chi connectivity index (χ4v) is 16.3. The average molecular weight is 1060 g/mol. The molecule has 74 heavy (non-hydrogen) atoms. The zero-order valence-electron chi connectivity index (χ0n) is 44.3. The van der Waals surface area contributed by atoms with Crippen molar-refractivity contribution in [1.82, 2.24) is 0 Å². The topological polar surface area (TPSA) is 217 Å². The second kappa shape index (κ2) is 19.8. The van der Waals surface area contributed by atoms with Gasteiger partial charge in [0, 0.05) is 57.5 Å². The zero-order chi connectivity index (χ0) is 52.5. The highest BCUT2D eigenvalue weighted by Crippen LogP contribution is 2.55. The number of hydrogen-bond acceptors (Lipinski definition) is 16. The van der Waals surface area contributed by atoms with Gasteiger partial charge < -0.3 is 62.7 Å². The van der Waals surface area contributed by atoms with Gasteiger partial charge >= 0.3 is 10.4 Å². The van der Waals surface area contributed by atoms with Gasteiger partial charge in [-0.3, -0.25) is 4.55 Å². The predicted molar refractivity (Wildman–Crippen MR) is 268 cm³/mol. The number of rotatable bonds is 9. The minimum absolute atomic E-state index is 0.0954. The number of ether oxygens (including phenoxy) is 10. The Bertz CT molecular complexity index is 2280. The van der Waals surface area contributed by atoms with Crippen molar-refractivity contribution in [1.29, 1.82) is 0 Å². The van der Waals surface area contributed by atoms with Crippen LogP contribution in [0.2, 0.25) is 0 Å². The predicted octanol–water partition coefficient (Wildman–Crippen LogP) is 6.10. The van der Waals surface area contributed by atoms with Gasteiger partial charge in [-0.1, -0.05) is 49.5 Å². The SMILES string of the molecule is C=CCC(=C)/C=C/[C@@](C)(O)[C@H]1C[C@@H]2C[C@@H]3O[C@@H]4C[C@@H]5O[C@@H]6C[C@@H]7O[C@@H]8C[C@@H]9O[C@@H]%10C[C@@H]%11O[C@](C)(CCO)[C@@H](OS(=O)(=O)O)C[C@H]%11O[C@H]%10C[C@H]9O[C@H]8CC[C@@]7(C)O[C@@]6(C)CC[C@H](C)[C@H]5O[C@H]4[C@@H](O)[C@@]3(C)O[C@H]2CC1=C. The lowest BCUT2D eigenvalue weighted by molar-refractivity contribution is -0.363. The van der Waals surface area contributed by atoms with E-state index in [4.69, 9.17) is 51.6 Å². The number of aliphatic hydroxyl groups excluding tert-OH is 2. The van der Waals surface area contributed by atoms with Crippen LogP contribution in [0.15, 0.2) is 49.1 Å². The quantitative estimate of drug-likeness (QED) is 0.117. The second-order valence-corrected chi connectivity index (χ2v) is 26.5. The summed E-state index contributed by atoms with van der Waals surface area (Å²) in [4.78, 5) is 0. The van der Waals surface area contributed by atoms with Gasteiger partial charge in [-0.2, -0.15) is 8.42 Å². The Labute approximate surface area is 437 Å². The molecule has 416 valence electrons. The van der Waals surface area contributed by atoms with E-state index in [0.717, 1.165) is 36.8 Å². The third kappa shape index (κ3) is 9.94. The molecule has 1 saturated carbocycles. The molecule has 0 spiro atoms. The first-order valence-electron chi connectivity index (χ1n) is 27.9. The molecule has 1 aliphatic carbocycles. The van der Waals surface area contributed by atoms with Crippen molar-refractivity contribution >= 4 is 10.4 Å². The molecule has 11 rings (SSSR count). The maximum Gasteiger partial charge on any atom is 0.397 e. The van der Waals surface area contributed by atoms with Crippen molar-refractivity contribution in [2.45, 2.75) is 276 Å². The molecule has 0 unspecified atom stereocenters. The first-order valence-corrected chi connectivity index (χ1v) is 29.2. The molecular weight excluding hydrogens is 977 g/mol. The van der Waals surface area contributed by atoms with Gasteiger partial charge in [0.15, 0.2) is 0 Å². The lowest BCUT2D eigenvalue weighted by Gasteiger charge is -2.61. The van der Waals surface area contributed by atoms with Gasteiger partial charge in [0.25, 0.3) is 0 Å². The highest BCUT2D eigenvalue weighted by molar-refractivity contribution is 7.80. The summed E-state index contributed by atoms with van der Waals surface area (Å²) >= 11 is 0. The largest absolute Gasteiger partial charge is 0.397 e. The van der Waals surface area contributed by atoms with Crippen LogP contribution in [-0.2, 0) is 62.0 Å². The fourth-order valence-electron chi connectivity index (χ4n) is 15.7. The van der Waals surface area contributed by atoms with Crippen molar-refractivity contribution < 1.29 is 79.8 Å². The number of aliphatic hydroxyl groups is 3. The molecule has 10 aliphatic heterocycles. The van der Waals surface area contributed by atoms with Gasteiger partial charge in [-0.25, -0.2) is 4.18 Å². The van der Waals surface area contributed by atoms with E-state index in [1.165, 1.54) is 0 Å². The van der Waals surface area contributed by atoms with Crippen LogP contribution < -0.4 is 0 Å². The molecule has 4 N–H and O–H groups in total. The van der Waals surface area contributed by atoms with Crippen LogP contribution in [0, 0.1) is 17.8 Å². The molecule has 0 aromatic rings. The molecular formula is C56H84O17S. The Morgan fingerprint density at radius 1 is 0.743 bits per heavy atom. The van der Waals surface area contributed by atoms with E-state index in [-0.39, 0.29) is 104 Å². The van der Waals surface area contributed by atoms with Crippen LogP contribution in [0.3, 0.4) is 0 Å². The molecule has 17 nitrogen and oxygen atoms in total. The molecule has 0 aromatic carbocycles. The van der Waals surface area contributed by atoms with Crippen LogP contribution in [0.5, 0.6) is 0 Å². The van der Waals surface area contributed by atoms with Crippen molar-refractivity contribution in [3.8, 4) is 0 Å². The van der Waals surface area contributed by atoms with Crippen molar-refractivity contribution in [3.05, 3.63) is 49.1 Å². The Balaban J connectivity index is 0.754. The van der Waals surface area contributed by atoms with Crippen LogP contribution in [0.4, 0.5) is 0 Å². The fraction of sp³-hybridized carbons (Fsp3) is 0.857. The first-order chi connectivity index (χ1) is 34.9. The minimum Gasteiger partial charge on any atom is -0.396 e. The van der Waals surface area contributed by atoms with E-state index < -0.39 is 81.1 Å². The number of allylic oxidation sites excluding steroid dienone is 3. The Morgan fingerprint density at radius 3 is 1.99 bits per heavy atom. The lowest BCUT2D eigenvalue weighted by atomic mass is 9.64. The minimum atomic E-state index is -4.78. The van der Waals surface area contributed by atoms with Crippen LogP contribution in [0.1, 0.15) is 138 Å². The molecule has 0 aromatic heterocycles. The van der Waals surface area contributed by atoms with Gasteiger partial charge in [0.05, 0.1) is 114 Å². The summed E-state index contributed by atoms with van der Waals surface area (Å²) in [5, 5.41) is 34.0. The van der Waals surface area contributed by atoms with Gasteiger partial charge in [0.1, 0.15) is 23.9 Å². The van der Waals surface area contributed by atoms with E-state index in [0.29, 0.717) is 57.8 Å². The molecule has 11 fully saturated rings. The monoisotopic (exact) mass is 1060 g/mol. The maximum absolute atomic E-state index is 12.4. The Hall–Kier alpha value is -1.69. The molecule has 26 atom stereocenters. The summed E-state index contributed by atoms with van der Waals surface area (Å²) in [6.07, 6.45) is 7.25. The molecule has 10 saturated heterocycles. The smallest absolute Gasteiger partial charge is 0.396 e. The van der Waals surface area contributed by atoms with Gasteiger partial charge in [-0.15, -0.1) is 6.58 Å². The van der Waals surface area contributed by atoms with E-state index in [2.05, 4.69) is 40.5 Å². The lowest BCUT2D eigenvalue weighted by Crippen LogP contribution is -2.73. The molecule has 10 heterocycles. The molecule has 0 amide bonds. The summed E-state index contributed by atoms with van der Waals surface area (Å²) in [6, 6.07) is 0. The zero-order valence-corrected chi connectivity index (χ0v) is 45.1. The van der Waals surface area contributed by atoms with E-state index >= 15 is 0 Å². The molecule has 0 radical (unpaired) electrons. The van der Waals surface area contributed by atoms with Gasteiger partial charge in [-0.05, 0) is 97.8 Å². The van der Waals surface area contributed by atoms with Crippen molar-refractivity contribution in [2.24, 2.45) is 17.8 Å². The van der Waals surface area contributed by atoms with Gasteiger partial charge in [0.2, 0.25) is 0 Å². The maximum atomic E-state index is 12.4. The van der Waals surface area contributed by atoms with Crippen molar-refractivity contribution in [3.63, 3.8) is 0 Å². The standard InChI is InChI=1S/C56H84O17S/c1-10-11-29(2)12-15-52(5,59)33-21-32-22-48-56(9,71-35(32)20-31(33)4)51(58)50-44(68-48)26-43-49(69-50)30(3)13-16-54(7)46(67-43)28-45-55(8,73-54)17-14-34-36(66-45)23-38-37(63-34)24-39-40(64-38)25-42-41(65-39)27-47(72-74(60,61)62)53(6,70-42)18-19-57/h10,12,15,30,32-51,57-59H,1-2,4,11,13-14,16-28H2,3,5-9H3,(H,60,61,62)/b15-12+/t30-,32+,33-,34-,35-,36+,37+,38-,39-,40+,41+,42-,43-,44+,45-,46+,47-,48-,49+,50+,51+,52+,53+,54-,55+,56-/m0/s1. The van der Waals surface area contributed by atoms with E-state index in [1.807, 2.05) is 26.0 Å². The van der Waals surface area contributed by atoms with Crippen LogP contribution in [0.25, 0.3) is 0 Å². The molecule has 11 aliphatic rings. The Morgan fingerprint density at radius 2 is 1.32 bits per heavy atom. The van der Waals surface area contributed by atoms with Crippen LogP contribution in [-0.4, -0.2) is 173 Å². The third-order valence-corrected chi connectivity index (χ3v) is 20.6. The van der Waals surface area contributed by atoms with Crippen LogP contribution >= 0.6 is 0 Å². The first kappa shape index (κ1) is 54.3. The number of fused-ring (bicyclic) bond motifs is 10. The average Bonchev–Trinajstić information content (AvgIpc) is 3.47. The summed E-state index contributed by atoms with van der Waals surface area (Å²) < 4.78 is 108. The summed E-state index contributed by atoms with van der Waals surface area (Å²) in [5.41, 5.74) is -2.67. The highest BCUT2D eigenvalue weighted by Gasteiger charge is 2.65. The Kier molecular flexibility index (Phi) is 14.5. The summed E-state index contributed by atoms with van der Waals surface area (Å²) in [6.45, 7) is 24.2. The van der Waals surface area contributed by atoms with Crippen molar-refractivity contribution in [2.75, 3.05) is 6.61 Å². The normalized spacial score (nSPS) is 52.9. The summed E-state index contributed by atoms with van der Waals surface area (Å²) in [7, 11) is -4.78. The summed E-state index contributed by atoms with van der Waals surface area (Å²) in [5.74, 6) is 0.0307.